The van der Waals surface area contributed by atoms with Gasteiger partial charge in [-0.15, -0.1) is 0 Å². The van der Waals surface area contributed by atoms with E-state index in [1.54, 1.807) is 7.11 Å². The first-order valence-electron chi connectivity index (χ1n) is 7.78. The molecule has 4 N–H and O–H groups in total. The molecule has 1 heterocycles. The molecular weight excluding hydrogens is 268 g/mol. The Kier molecular flexibility index (Phi) is 5.67. The molecule has 5 atom stereocenters. The van der Waals surface area contributed by atoms with E-state index in [2.05, 4.69) is 36.6 Å². The summed E-state index contributed by atoms with van der Waals surface area (Å²) in [6.07, 6.45) is 6.29. The minimum atomic E-state index is -0.560. The van der Waals surface area contributed by atoms with Crippen LogP contribution in [0.5, 0.6) is 0 Å². The lowest BCUT2D eigenvalue weighted by atomic mass is 9.76. The highest BCUT2D eigenvalue weighted by Gasteiger charge is 2.41. The molecule has 21 heavy (non-hydrogen) atoms. The van der Waals surface area contributed by atoms with Crippen molar-refractivity contribution >= 4 is 0 Å². The number of nitrogens with one attached hydrogen (secondary N) is 2. The smallest absolute Gasteiger partial charge is 0.131 e. The topological polar surface area (TPSA) is 73.8 Å². The highest BCUT2D eigenvalue weighted by Crippen LogP contribution is 2.40. The summed E-state index contributed by atoms with van der Waals surface area (Å²) in [5.41, 5.74) is 0. The maximum atomic E-state index is 10.8. The van der Waals surface area contributed by atoms with Crippen LogP contribution in [-0.2, 0) is 4.74 Å². The number of ether oxygens (including phenoxy) is 1. The zero-order valence-corrected chi connectivity index (χ0v) is 13.1. The van der Waals surface area contributed by atoms with Gasteiger partial charge in [0.25, 0.3) is 0 Å². The van der Waals surface area contributed by atoms with Crippen molar-refractivity contribution in [1.29, 1.82) is 0 Å². The van der Waals surface area contributed by atoms with Crippen molar-refractivity contribution in [3.05, 3.63) is 24.1 Å². The molecule has 0 aromatic carbocycles. The van der Waals surface area contributed by atoms with Crippen molar-refractivity contribution in [2.24, 2.45) is 23.7 Å². The van der Waals surface area contributed by atoms with Crippen molar-refractivity contribution in [2.45, 2.75) is 32.4 Å². The number of aliphatic hydroxyl groups is 2. The Morgan fingerprint density at radius 2 is 2.05 bits per heavy atom. The van der Waals surface area contributed by atoms with Crippen LogP contribution in [0, 0.1) is 23.7 Å². The predicted octanol–water partition coefficient (Wildman–Crippen LogP) is 0.811. The first-order valence-corrected chi connectivity index (χ1v) is 7.78. The van der Waals surface area contributed by atoms with E-state index >= 15 is 0 Å². The second kappa shape index (κ2) is 7.29. The first kappa shape index (κ1) is 16.3. The van der Waals surface area contributed by atoms with Crippen LogP contribution in [0.25, 0.3) is 0 Å². The van der Waals surface area contributed by atoms with Crippen LogP contribution in [-0.4, -0.2) is 42.7 Å². The van der Waals surface area contributed by atoms with Crippen molar-refractivity contribution in [1.82, 2.24) is 10.6 Å². The van der Waals surface area contributed by atoms with Gasteiger partial charge in [-0.05, 0) is 24.2 Å². The van der Waals surface area contributed by atoms with E-state index in [4.69, 9.17) is 4.74 Å². The molecule has 120 valence electrons. The molecule has 0 saturated carbocycles. The number of hydrogen-bond donors (Lipinski definition) is 4. The standard InChI is InChI=1S/C16H28N2O3/c1-10(2)11-4-5-13(12(11)6-7-19)16(20)15-14(21-3)8-17-9-18-15/h4-5,8,10-13,15-20H,6-7,9H2,1-3H3/t11?,12-,13+,15-,16-/m0/s1. The third kappa shape index (κ3) is 3.42. The fourth-order valence-corrected chi connectivity index (χ4v) is 3.62. The fourth-order valence-electron chi connectivity index (χ4n) is 3.62. The molecule has 5 nitrogen and oxygen atoms in total. The normalized spacial score (nSPS) is 33.7. The van der Waals surface area contributed by atoms with Gasteiger partial charge in [0.05, 0.1) is 25.9 Å². The van der Waals surface area contributed by atoms with E-state index in [-0.39, 0.29) is 24.5 Å². The van der Waals surface area contributed by atoms with Gasteiger partial charge in [0.15, 0.2) is 0 Å². The molecule has 0 bridgehead atoms. The molecule has 0 fully saturated rings. The lowest BCUT2D eigenvalue weighted by molar-refractivity contribution is 0.0367. The SMILES string of the molecule is COC1=CNCN[C@@H]1[C@@H](O)[C@@H]1C=CC(C(C)C)[C@@H]1CCO. The Morgan fingerprint density at radius 3 is 2.67 bits per heavy atom. The molecule has 1 aliphatic heterocycles. The maximum absolute atomic E-state index is 10.8. The number of methoxy groups -OCH3 is 1. The van der Waals surface area contributed by atoms with Gasteiger partial charge in [-0.3, -0.25) is 5.32 Å². The summed E-state index contributed by atoms with van der Waals surface area (Å²) in [5, 5.41) is 26.5. The summed E-state index contributed by atoms with van der Waals surface area (Å²) in [6.45, 7) is 5.16. The van der Waals surface area contributed by atoms with E-state index in [0.29, 0.717) is 24.9 Å². The highest BCUT2D eigenvalue weighted by atomic mass is 16.5. The van der Waals surface area contributed by atoms with E-state index in [9.17, 15) is 10.2 Å². The van der Waals surface area contributed by atoms with E-state index < -0.39 is 6.10 Å². The molecule has 2 rings (SSSR count). The third-order valence-electron chi connectivity index (χ3n) is 4.72. The Morgan fingerprint density at radius 1 is 1.33 bits per heavy atom. The molecule has 1 aliphatic carbocycles. The highest BCUT2D eigenvalue weighted by molar-refractivity contribution is 5.16. The average molecular weight is 296 g/mol. The molecule has 0 spiro atoms. The molecule has 5 heteroatoms. The van der Waals surface area contributed by atoms with Crippen LogP contribution in [0.3, 0.4) is 0 Å². The van der Waals surface area contributed by atoms with Crippen molar-refractivity contribution in [3.8, 4) is 0 Å². The molecule has 0 amide bonds. The molecule has 0 aromatic rings. The van der Waals surface area contributed by atoms with Gasteiger partial charge >= 0.3 is 0 Å². The van der Waals surface area contributed by atoms with Crippen molar-refractivity contribution in [3.63, 3.8) is 0 Å². The Bertz CT molecular complexity index is 395. The summed E-state index contributed by atoms with van der Waals surface area (Å²) in [6, 6.07) is -0.210. The number of hydrogen-bond acceptors (Lipinski definition) is 5. The van der Waals surface area contributed by atoms with Gasteiger partial charge < -0.3 is 20.3 Å². The quantitative estimate of drug-likeness (QED) is 0.546. The Balaban J connectivity index is 2.14. The Labute approximate surface area is 127 Å². The van der Waals surface area contributed by atoms with Gasteiger partial charge in [0.1, 0.15) is 5.76 Å². The fraction of sp³-hybridized carbons (Fsp3) is 0.750. The average Bonchev–Trinajstić information content (AvgIpc) is 2.91. The van der Waals surface area contributed by atoms with Gasteiger partial charge in [-0.2, -0.15) is 0 Å². The van der Waals surface area contributed by atoms with Crippen LogP contribution >= 0.6 is 0 Å². The summed E-state index contributed by atoms with van der Waals surface area (Å²) >= 11 is 0. The summed E-state index contributed by atoms with van der Waals surface area (Å²) in [4.78, 5) is 0. The Hall–Kier alpha value is -1.04. The van der Waals surface area contributed by atoms with Gasteiger partial charge in [-0.1, -0.05) is 26.0 Å². The molecule has 0 aromatic heterocycles. The summed E-state index contributed by atoms with van der Waals surface area (Å²) in [5.74, 6) is 1.96. The summed E-state index contributed by atoms with van der Waals surface area (Å²) < 4.78 is 5.36. The second-order valence-corrected chi connectivity index (χ2v) is 6.26. The third-order valence-corrected chi connectivity index (χ3v) is 4.72. The lowest BCUT2D eigenvalue weighted by Crippen LogP contribution is -2.52. The van der Waals surface area contributed by atoms with Gasteiger partial charge in [0.2, 0.25) is 0 Å². The number of aliphatic hydroxyl groups excluding tert-OH is 2. The predicted molar refractivity (Wildman–Crippen MR) is 82.2 cm³/mol. The lowest BCUT2D eigenvalue weighted by Gasteiger charge is -2.36. The minimum Gasteiger partial charge on any atom is -0.498 e. The van der Waals surface area contributed by atoms with E-state index in [1.165, 1.54) is 0 Å². The molecule has 0 radical (unpaired) electrons. The number of rotatable bonds is 6. The molecular formula is C16H28N2O3. The minimum absolute atomic E-state index is 0.0405. The monoisotopic (exact) mass is 296 g/mol. The van der Waals surface area contributed by atoms with Gasteiger partial charge in [-0.25, -0.2) is 0 Å². The van der Waals surface area contributed by atoms with Gasteiger partial charge in [0, 0.05) is 18.7 Å². The first-order chi connectivity index (χ1) is 10.1. The molecule has 1 unspecified atom stereocenters. The van der Waals surface area contributed by atoms with Crippen molar-refractivity contribution in [2.75, 3.05) is 20.4 Å². The van der Waals surface area contributed by atoms with Crippen LogP contribution in [0.15, 0.2) is 24.1 Å². The zero-order valence-electron chi connectivity index (χ0n) is 13.1. The van der Waals surface area contributed by atoms with Crippen LogP contribution in [0.2, 0.25) is 0 Å². The maximum Gasteiger partial charge on any atom is 0.131 e. The van der Waals surface area contributed by atoms with Crippen LogP contribution in [0.1, 0.15) is 20.3 Å². The molecule has 0 saturated heterocycles. The van der Waals surface area contributed by atoms with Crippen LogP contribution in [0.4, 0.5) is 0 Å². The zero-order chi connectivity index (χ0) is 15.4. The molecule has 2 aliphatic rings. The second-order valence-electron chi connectivity index (χ2n) is 6.26. The van der Waals surface area contributed by atoms with Crippen molar-refractivity contribution < 1.29 is 14.9 Å². The summed E-state index contributed by atoms with van der Waals surface area (Å²) in [7, 11) is 1.62. The van der Waals surface area contributed by atoms with E-state index in [1.807, 2.05) is 6.20 Å². The largest absolute Gasteiger partial charge is 0.498 e. The number of allylic oxidation sites excluding steroid dienone is 1. The van der Waals surface area contributed by atoms with E-state index in [0.717, 1.165) is 5.76 Å². The van der Waals surface area contributed by atoms with Crippen LogP contribution < -0.4 is 10.6 Å².